The summed E-state index contributed by atoms with van der Waals surface area (Å²) in [7, 11) is 0. The van der Waals surface area contributed by atoms with E-state index in [9.17, 15) is 9.59 Å². The zero-order chi connectivity index (χ0) is 15.0. The zero-order valence-electron chi connectivity index (χ0n) is 12.8. The maximum absolute atomic E-state index is 11.6. The highest BCUT2D eigenvalue weighted by atomic mass is 32.2. The van der Waals surface area contributed by atoms with Gasteiger partial charge in [-0.2, -0.15) is 0 Å². The van der Waals surface area contributed by atoms with Crippen molar-refractivity contribution in [1.82, 2.24) is 5.32 Å². The quantitative estimate of drug-likeness (QED) is 0.868. The summed E-state index contributed by atoms with van der Waals surface area (Å²) >= 11 is 1.44. The van der Waals surface area contributed by atoms with Gasteiger partial charge < -0.3 is 10.1 Å². The van der Waals surface area contributed by atoms with Gasteiger partial charge in [-0.05, 0) is 57.8 Å². The third kappa shape index (κ3) is 4.14. The Morgan fingerprint density at radius 2 is 1.85 bits per heavy atom. The summed E-state index contributed by atoms with van der Waals surface area (Å²) in [4.78, 5) is 22.6. The van der Waals surface area contributed by atoms with Gasteiger partial charge in [0.2, 0.25) is 0 Å². The van der Waals surface area contributed by atoms with Crippen LogP contribution in [0, 0.1) is 11.3 Å². The average molecular weight is 299 g/mol. The summed E-state index contributed by atoms with van der Waals surface area (Å²) in [5, 5.41) is 3.15. The molecule has 1 N–H and O–H groups in total. The smallest absolute Gasteiger partial charge is 0.407 e. The molecule has 0 unspecified atom stereocenters. The van der Waals surface area contributed by atoms with E-state index in [-0.39, 0.29) is 17.3 Å². The van der Waals surface area contributed by atoms with Gasteiger partial charge in [0.25, 0.3) is 0 Å². The lowest BCUT2D eigenvalue weighted by Gasteiger charge is -2.57. The fourth-order valence-electron chi connectivity index (χ4n) is 3.41. The Hall–Kier alpha value is -0.710. The van der Waals surface area contributed by atoms with Crippen molar-refractivity contribution in [2.24, 2.45) is 11.3 Å². The minimum atomic E-state index is -0.434. The molecule has 2 aliphatic rings. The molecule has 2 saturated carbocycles. The van der Waals surface area contributed by atoms with Gasteiger partial charge in [0, 0.05) is 18.7 Å². The first-order valence-corrected chi connectivity index (χ1v) is 8.29. The molecular formula is C15H25NO3S. The first-order chi connectivity index (χ1) is 9.17. The second-order valence-electron chi connectivity index (χ2n) is 7.33. The van der Waals surface area contributed by atoms with Crippen molar-refractivity contribution in [2.45, 2.75) is 65.0 Å². The molecule has 114 valence electrons. The van der Waals surface area contributed by atoms with Crippen molar-refractivity contribution in [3.05, 3.63) is 0 Å². The summed E-state index contributed by atoms with van der Waals surface area (Å²) in [6.45, 7) is 7.25. The molecule has 0 aromatic carbocycles. The molecule has 0 aromatic heterocycles. The lowest BCUT2D eigenvalue weighted by Crippen LogP contribution is -2.57. The third-order valence-electron chi connectivity index (χ3n) is 4.05. The number of rotatable bonds is 3. The van der Waals surface area contributed by atoms with Crippen LogP contribution in [-0.4, -0.2) is 28.6 Å². The first-order valence-electron chi connectivity index (χ1n) is 7.30. The van der Waals surface area contributed by atoms with Gasteiger partial charge in [0.1, 0.15) is 5.60 Å². The summed E-state index contributed by atoms with van der Waals surface area (Å²) in [5.74, 6) is 1.65. The fourth-order valence-corrected chi connectivity index (χ4v) is 4.12. The Bertz CT molecular complexity index is 388. The highest BCUT2D eigenvalue weighted by Crippen LogP contribution is 2.59. The van der Waals surface area contributed by atoms with Crippen LogP contribution in [0.2, 0.25) is 0 Å². The van der Waals surface area contributed by atoms with E-state index in [0.717, 1.165) is 18.6 Å². The van der Waals surface area contributed by atoms with Crippen LogP contribution in [0.5, 0.6) is 0 Å². The van der Waals surface area contributed by atoms with Gasteiger partial charge >= 0.3 is 6.09 Å². The predicted molar refractivity (Wildman–Crippen MR) is 80.7 cm³/mol. The molecule has 2 rings (SSSR count). The van der Waals surface area contributed by atoms with Crippen LogP contribution in [0.15, 0.2) is 0 Å². The SMILES string of the molecule is CC(=O)SCC1CC2(C1)CC(NC(=O)OC(C)(C)C)C2. The number of nitrogens with one attached hydrogen (secondary N) is 1. The number of hydrogen-bond acceptors (Lipinski definition) is 4. The van der Waals surface area contributed by atoms with Gasteiger partial charge in [-0.3, -0.25) is 4.79 Å². The highest BCUT2D eigenvalue weighted by molar-refractivity contribution is 8.13. The summed E-state index contributed by atoms with van der Waals surface area (Å²) in [6, 6.07) is 0.270. The third-order valence-corrected chi connectivity index (χ3v) is 5.09. The maximum atomic E-state index is 11.6. The van der Waals surface area contributed by atoms with Crippen molar-refractivity contribution in [2.75, 3.05) is 5.75 Å². The number of alkyl carbamates (subject to hydrolysis) is 1. The lowest BCUT2D eigenvalue weighted by molar-refractivity contribution is -0.109. The number of carbonyl (C=O) groups is 2. The van der Waals surface area contributed by atoms with Gasteiger partial charge in [0.05, 0.1) is 0 Å². The Morgan fingerprint density at radius 1 is 1.25 bits per heavy atom. The van der Waals surface area contributed by atoms with Gasteiger partial charge in [-0.1, -0.05) is 11.8 Å². The van der Waals surface area contributed by atoms with E-state index < -0.39 is 5.60 Å². The molecule has 20 heavy (non-hydrogen) atoms. The zero-order valence-corrected chi connectivity index (χ0v) is 13.6. The fraction of sp³-hybridized carbons (Fsp3) is 0.867. The summed E-state index contributed by atoms with van der Waals surface area (Å²) in [5.41, 5.74) is 0.0126. The molecule has 0 heterocycles. The molecule has 0 aromatic rings. The monoisotopic (exact) mass is 299 g/mol. The van der Waals surface area contributed by atoms with E-state index in [1.165, 1.54) is 24.6 Å². The van der Waals surface area contributed by atoms with Crippen molar-refractivity contribution in [3.8, 4) is 0 Å². The Balaban J connectivity index is 1.62. The predicted octanol–water partition coefficient (Wildman–Crippen LogP) is 3.35. The minimum Gasteiger partial charge on any atom is -0.444 e. The van der Waals surface area contributed by atoms with Gasteiger partial charge in [0.15, 0.2) is 5.12 Å². The molecular weight excluding hydrogens is 274 g/mol. The van der Waals surface area contributed by atoms with Crippen molar-refractivity contribution >= 4 is 23.0 Å². The summed E-state index contributed by atoms with van der Waals surface area (Å²) in [6.07, 6.45) is 4.24. The Labute approximate surface area is 125 Å². The highest BCUT2D eigenvalue weighted by Gasteiger charge is 2.53. The second kappa shape index (κ2) is 5.58. The largest absolute Gasteiger partial charge is 0.444 e. The van der Waals surface area contributed by atoms with Crippen LogP contribution in [0.25, 0.3) is 0 Å². The number of amides is 1. The standard InChI is InChI=1S/C15H25NO3S/c1-10(17)20-9-11-5-15(6-11)7-12(8-15)16-13(18)19-14(2,3)4/h11-12H,5-9H2,1-4H3,(H,16,18). The normalized spacial score (nSPS) is 32.2. The van der Waals surface area contributed by atoms with E-state index in [4.69, 9.17) is 4.74 Å². The molecule has 0 atom stereocenters. The van der Waals surface area contributed by atoms with E-state index in [2.05, 4.69) is 5.32 Å². The van der Waals surface area contributed by atoms with Gasteiger partial charge in [-0.25, -0.2) is 4.79 Å². The number of ether oxygens (including phenoxy) is 1. The maximum Gasteiger partial charge on any atom is 0.407 e. The second-order valence-corrected chi connectivity index (χ2v) is 8.53. The first kappa shape index (κ1) is 15.7. The molecule has 1 amide bonds. The number of hydrogen-bond donors (Lipinski definition) is 1. The molecule has 0 aliphatic heterocycles. The molecule has 2 fully saturated rings. The minimum absolute atomic E-state index is 0.212. The van der Waals surface area contributed by atoms with E-state index in [1.54, 1.807) is 6.92 Å². The van der Waals surface area contributed by atoms with E-state index in [1.807, 2.05) is 20.8 Å². The molecule has 0 bridgehead atoms. The molecule has 0 saturated heterocycles. The van der Waals surface area contributed by atoms with Crippen LogP contribution < -0.4 is 5.32 Å². The van der Waals surface area contributed by atoms with E-state index >= 15 is 0 Å². The number of thioether (sulfide) groups is 1. The van der Waals surface area contributed by atoms with Crippen LogP contribution >= 0.6 is 11.8 Å². The van der Waals surface area contributed by atoms with Gasteiger partial charge in [-0.15, -0.1) is 0 Å². The van der Waals surface area contributed by atoms with Crippen LogP contribution in [0.4, 0.5) is 4.79 Å². The Morgan fingerprint density at radius 3 is 2.35 bits per heavy atom. The number of carbonyl (C=O) groups excluding carboxylic acids is 2. The molecule has 5 heteroatoms. The van der Waals surface area contributed by atoms with Crippen LogP contribution in [0.3, 0.4) is 0 Å². The summed E-state index contributed by atoms with van der Waals surface area (Å²) < 4.78 is 5.26. The lowest BCUT2D eigenvalue weighted by atomic mass is 9.50. The topological polar surface area (TPSA) is 55.4 Å². The molecule has 2 aliphatic carbocycles. The van der Waals surface area contributed by atoms with Crippen molar-refractivity contribution < 1.29 is 14.3 Å². The van der Waals surface area contributed by atoms with Crippen molar-refractivity contribution in [3.63, 3.8) is 0 Å². The van der Waals surface area contributed by atoms with Crippen molar-refractivity contribution in [1.29, 1.82) is 0 Å². The Kier molecular flexibility index (Phi) is 4.38. The average Bonchev–Trinajstić information content (AvgIpc) is 2.14. The molecule has 0 radical (unpaired) electrons. The van der Waals surface area contributed by atoms with Crippen LogP contribution in [-0.2, 0) is 9.53 Å². The molecule has 1 spiro atoms. The molecule has 4 nitrogen and oxygen atoms in total. The van der Waals surface area contributed by atoms with E-state index in [0.29, 0.717) is 11.3 Å². The van der Waals surface area contributed by atoms with Crippen LogP contribution in [0.1, 0.15) is 53.4 Å².